The van der Waals surface area contributed by atoms with Crippen molar-refractivity contribution < 1.29 is 18.3 Å². The highest BCUT2D eigenvalue weighted by molar-refractivity contribution is 7.80. The van der Waals surface area contributed by atoms with Crippen molar-refractivity contribution in [3.05, 3.63) is 46.7 Å². The van der Waals surface area contributed by atoms with Gasteiger partial charge in [0.25, 0.3) is 0 Å². The lowest BCUT2D eigenvalue weighted by Gasteiger charge is -2.31. The zero-order chi connectivity index (χ0) is 16.3. The van der Waals surface area contributed by atoms with Crippen LogP contribution in [0.25, 0.3) is 0 Å². The first-order chi connectivity index (χ1) is 10.5. The summed E-state index contributed by atoms with van der Waals surface area (Å²) in [6, 6.07) is 2.39. The summed E-state index contributed by atoms with van der Waals surface area (Å²) in [6.45, 7) is 1.95. The fraction of sp³-hybridized carbons (Fsp3) is 0.333. The summed E-state index contributed by atoms with van der Waals surface area (Å²) in [5, 5.41) is 6.04. The summed E-state index contributed by atoms with van der Waals surface area (Å²) in [5.74, 6) is -2.02. The van der Waals surface area contributed by atoms with E-state index in [0.29, 0.717) is 12.1 Å². The van der Waals surface area contributed by atoms with Crippen molar-refractivity contribution >= 4 is 23.3 Å². The van der Waals surface area contributed by atoms with Crippen LogP contribution in [-0.2, 0) is 9.53 Å². The van der Waals surface area contributed by atoms with E-state index in [1.807, 2.05) is 6.92 Å². The molecule has 1 aliphatic rings. The van der Waals surface area contributed by atoms with Crippen LogP contribution in [0.3, 0.4) is 0 Å². The number of rotatable bonds is 4. The Balaban J connectivity index is 2.56. The van der Waals surface area contributed by atoms with Gasteiger partial charge in [0.1, 0.15) is 11.6 Å². The predicted molar refractivity (Wildman–Crippen MR) is 81.9 cm³/mol. The monoisotopic (exact) mass is 326 g/mol. The maximum absolute atomic E-state index is 14.1. The van der Waals surface area contributed by atoms with E-state index in [1.54, 1.807) is 0 Å². The van der Waals surface area contributed by atoms with Crippen LogP contribution in [0.4, 0.5) is 8.78 Å². The molecule has 22 heavy (non-hydrogen) atoms. The highest BCUT2D eigenvalue weighted by Crippen LogP contribution is 2.31. The van der Waals surface area contributed by atoms with E-state index < -0.39 is 23.6 Å². The Hall–Kier alpha value is -2.02. The van der Waals surface area contributed by atoms with Crippen LogP contribution >= 0.6 is 12.2 Å². The summed E-state index contributed by atoms with van der Waals surface area (Å²) >= 11 is 5.11. The molecule has 0 saturated carbocycles. The minimum atomic E-state index is -0.816. The van der Waals surface area contributed by atoms with Crippen molar-refractivity contribution in [2.24, 2.45) is 0 Å². The van der Waals surface area contributed by atoms with Gasteiger partial charge in [-0.15, -0.1) is 0 Å². The summed E-state index contributed by atoms with van der Waals surface area (Å²) in [4.78, 5) is 12.1. The van der Waals surface area contributed by atoms with Crippen molar-refractivity contribution in [2.75, 3.05) is 7.11 Å². The quantitative estimate of drug-likeness (QED) is 0.658. The Morgan fingerprint density at radius 2 is 2.14 bits per heavy atom. The van der Waals surface area contributed by atoms with Gasteiger partial charge in [-0.2, -0.15) is 0 Å². The molecule has 0 spiro atoms. The molecule has 1 aliphatic heterocycles. The highest BCUT2D eigenvalue weighted by atomic mass is 32.1. The number of allylic oxidation sites excluding steroid dienone is 1. The number of esters is 1. The molecule has 0 amide bonds. The molecule has 118 valence electrons. The van der Waals surface area contributed by atoms with Crippen LogP contribution in [0.2, 0.25) is 0 Å². The van der Waals surface area contributed by atoms with Crippen LogP contribution in [0, 0.1) is 11.6 Å². The number of thiocarbonyl (C=S) groups is 1. The molecule has 1 aromatic carbocycles. The fourth-order valence-electron chi connectivity index (χ4n) is 2.39. The van der Waals surface area contributed by atoms with Gasteiger partial charge in [0.2, 0.25) is 0 Å². The number of halogens is 2. The summed E-state index contributed by atoms with van der Waals surface area (Å²) in [5.41, 5.74) is 0.981. The molecule has 1 unspecified atom stereocenters. The number of hydrogen-bond donors (Lipinski definition) is 2. The predicted octanol–water partition coefficient (Wildman–Crippen LogP) is 2.71. The Labute approximate surface area is 132 Å². The van der Waals surface area contributed by atoms with E-state index in [9.17, 15) is 13.6 Å². The number of hydrogen-bond acceptors (Lipinski definition) is 3. The van der Waals surface area contributed by atoms with Gasteiger partial charge in [0.15, 0.2) is 5.11 Å². The van der Waals surface area contributed by atoms with Crippen molar-refractivity contribution in [3.8, 4) is 0 Å². The standard InChI is InChI=1S/C15H16F2N2O2S/c1-3-4-11-12(14(20)21-2)13(19-15(22)18-11)9-6-5-8(16)7-10(9)17/h5-7,13H,3-4H2,1-2H3,(H2,18,19,22). The van der Waals surface area contributed by atoms with E-state index in [0.717, 1.165) is 18.6 Å². The molecular weight excluding hydrogens is 310 g/mol. The van der Waals surface area contributed by atoms with Gasteiger partial charge >= 0.3 is 5.97 Å². The van der Waals surface area contributed by atoms with Crippen molar-refractivity contribution in [1.29, 1.82) is 0 Å². The summed E-state index contributed by atoms with van der Waals surface area (Å²) in [6.07, 6.45) is 1.33. The molecule has 0 aromatic heterocycles. The van der Waals surface area contributed by atoms with Crippen LogP contribution < -0.4 is 10.6 Å². The topological polar surface area (TPSA) is 50.4 Å². The van der Waals surface area contributed by atoms with E-state index >= 15 is 0 Å². The summed E-state index contributed by atoms with van der Waals surface area (Å²) in [7, 11) is 1.25. The van der Waals surface area contributed by atoms with Gasteiger partial charge in [-0.3, -0.25) is 0 Å². The number of nitrogens with one attached hydrogen (secondary N) is 2. The fourth-order valence-corrected chi connectivity index (χ4v) is 2.63. The number of ether oxygens (including phenoxy) is 1. The molecule has 0 radical (unpaired) electrons. The molecule has 1 aromatic rings. The van der Waals surface area contributed by atoms with Gasteiger partial charge in [0.05, 0.1) is 18.7 Å². The Bertz CT molecular complexity index is 646. The zero-order valence-corrected chi connectivity index (χ0v) is 13.0. The third kappa shape index (κ3) is 3.24. The van der Waals surface area contributed by atoms with Crippen LogP contribution in [0.5, 0.6) is 0 Å². The van der Waals surface area contributed by atoms with Gasteiger partial charge in [-0.1, -0.05) is 19.4 Å². The van der Waals surface area contributed by atoms with Gasteiger partial charge in [-0.25, -0.2) is 13.6 Å². The molecule has 1 atom stereocenters. The number of carbonyl (C=O) groups excluding carboxylic acids is 1. The lowest BCUT2D eigenvalue weighted by atomic mass is 9.93. The molecule has 0 fully saturated rings. The maximum Gasteiger partial charge on any atom is 0.337 e. The molecule has 0 aliphatic carbocycles. The van der Waals surface area contributed by atoms with Crippen LogP contribution in [0.1, 0.15) is 31.4 Å². The first kappa shape index (κ1) is 16.4. The van der Waals surface area contributed by atoms with Gasteiger partial charge in [0, 0.05) is 17.3 Å². The SMILES string of the molecule is CCCC1=C(C(=O)OC)C(c2ccc(F)cc2F)NC(=S)N1. The lowest BCUT2D eigenvalue weighted by Crippen LogP contribution is -2.46. The van der Waals surface area contributed by atoms with Gasteiger partial charge in [-0.05, 0) is 24.7 Å². The van der Waals surface area contributed by atoms with E-state index in [1.165, 1.54) is 13.2 Å². The first-order valence-electron chi connectivity index (χ1n) is 6.81. The van der Waals surface area contributed by atoms with E-state index in [4.69, 9.17) is 17.0 Å². The largest absolute Gasteiger partial charge is 0.466 e. The molecule has 2 N–H and O–H groups in total. The van der Waals surface area contributed by atoms with Crippen LogP contribution in [0.15, 0.2) is 29.5 Å². The Kier molecular flexibility index (Phi) is 5.07. The normalized spacial score (nSPS) is 17.8. The average Bonchev–Trinajstić information content (AvgIpc) is 2.46. The molecule has 1 heterocycles. The van der Waals surface area contributed by atoms with Gasteiger partial charge < -0.3 is 15.4 Å². The van der Waals surface area contributed by atoms with Crippen molar-refractivity contribution in [3.63, 3.8) is 0 Å². The second kappa shape index (κ2) is 6.83. The zero-order valence-electron chi connectivity index (χ0n) is 12.2. The third-order valence-electron chi connectivity index (χ3n) is 3.33. The Morgan fingerprint density at radius 1 is 1.41 bits per heavy atom. The van der Waals surface area contributed by atoms with E-state index in [-0.39, 0.29) is 16.2 Å². The smallest absolute Gasteiger partial charge is 0.337 e. The minimum absolute atomic E-state index is 0.138. The van der Waals surface area contributed by atoms with Crippen LogP contribution in [-0.4, -0.2) is 18.2 Å². The molecular formula is C15H16F2N2O2S. The molecule has 4 nitrogen and oxygen atoms in total. The first-order valence-corrected chi connectivity index (χ1v) is 7.22. The molecule has 0 bridgehead atoms. The second-order valence-corrected chi connectivity index (χ2v) is 5.24. The molecule has 7 heteroatoms. The number of carbonyl (C=O) groups is 1. The lowest BCUT2D eigenvalue weighted by molar-refractivity contribution is -0.136. The Morgan fingerprint density at radius 3 is 2.73 bits per heavy atom. The molecule has 2 rings (SSSR count). The number of methoxy groups -OCH3 is 1. The third-order valence-corrected chi connectivity index (χ3v) is 3.55. The summed E-state index contributed by atoms with van der Waals surface area (Å²) < 4.78 is 32.0. The second-order valence-electron chi connectivity index (χ2n) is 4.83. The molecule has 0 saturated heterocycles. The maximum atomic E-state index is 14.1. The van der Waals surface area contributed by atoms with Crippen molar-refractivity contribution in [2.45, 2.75) is 25.8 Å². The average molecular weight is 326 g/mol. The minimum Gasteiger partial charge on any atom is -0.466 e. The van der Waals surface area contributed by atoms with Crippen molar-refractivity contribution in [1.82, 2.24) is 10.6 Å². The van der Waals surface area contributed by atoms with E-state index in [2.05, 4.69) is 10.6 Å². The highest BCUT2D eigenvalue weighted by Gasteiger charge is 2.33. The number of benzene rings is 1.